The molecule has 0 saturated carbocycles. The number of aryl methyl sites for hydroxylation is 2. The smallest absolute Gasteiger partial charge is 0.169 e. The van der Waals surface area contributed by atoms with Crippen LogP contribution < -0.4 is 0 Å². The summed E-state index contributed by atoms with van der Waals surface area (Å²) in [5.41, 5.74) is 1.19. The van der Waals surface area contributed by atoms with Gasteiger partial charge >= 0.3 is 0 Å². The lowest BCUT2D eigenvalue weighted by Gasteiger charge is -2.05. The quantitative estimate of drug-likeness (QED) is 0.735. The predicted molar refractivity (Wildman–Crippen MR) is 74.8 cm³/mol. The number of hydrogen-bond donors (Lipinski definition) is 0. The molecule has 2 aromatic carbocycles. The fourth-order valence-electron chi connectivity index (χ4n) is 2.09. The summed E-state index contributed by atoms with van der Waals surface area (Å²) in [5, 5.41) is 0. The van der Waals surface area contributed by atoms with Gasteiger partial charge in [-0.2, -0.15) is 0 Å². The van der Waals surface area contributed by atoms with Crippen molar-refractivity contribution in [3.8, 4) is 0 Å². The van der Waals surface area contributed by atoms with Gasteiger partial charge in [0, 0.05) is 6.42 Å². The van der Waals surface area contributed by atoms with Crippen molar-refractivity contribution in [3.63, 3.8) is 0 Å². The van der Waals surface area contributed by atoms with Crippen molar-refractivity contribution in [3.05, 3.63) is 70.8 Å². The zero-order valence-corrected chi connectivity index (χ0v) is 11.3. The summed E-state index contributed by atoms with van der Waals surface area (Å²) in [6.45, 7) is 1.47. The first kappa shape index (κ1) is 14.4. The van der Waals surface area contributed by atoms with Gasteiger partial charge in [-0.3, -0.25) is 4.79 Å². The van der Waals surface area contributed by atoms with E-state index in [-0.39, 0.29) is 23.3 Å². The number of carbonyl (C=O) groups excluding carboxylic acids is 1. The highest BCUT2D eigenvalue weighted by atomic mass is 19.2. The van der Waals surface area contributed by atoms with Crippen molar-refractivity contribution < 1.29 is 13.6 Å². The molecule has 0 aliphatic heterocycles. The minimum atomic E-state index is -1.03. The third kappa shape index (κ3) is 3.29. The molecule has 2 aromatic rings. The van der Waals surface area contributed by atoms with Crippen LogP contribution in [0.5, 0.6) is 0 Å². The molecule has 0 amide bonds. The Bertz CT molecular complexity index is 606. The van der Waals surface area contributed by atoms with Gasteiger partial charge in [0.2, 0.25) is 0 Å². The molecule has 0 heterocycles. The lowest BCUT2D eigenvalue weighted by Crippen LogP contribution is -2.06. The topological polar surface area (TPSA) is 17.1 Å². The average molecular weight is 274 g/mol. The van der Waals surface area contributed by atoms with Gasteiger partial charge in [-0.25, -0.2) is 8.78 Å². The van der Waals surface area contributed by atoms with E-state index in [0.29, 0.717) is 6.42 Å². The Labute approximate surface area is 117 Å². The normalized spacial score (nSPS) is 10.6. The predicted octanol–water partition coefficient (Wildman–Crippen LogP) is 4.48. The second-order valence-electron chi connectivity index (χ2n) is 4.82. The fourth-order valence-corrected chi connectivity index (χ4v) is 2.09. The summed E-state index contributed by atoms with van der Waals surface area (Å²) >= 11 is 0. The van der Waals surface area contributed by atoms with Crippen LogP contribution in [0.15, 0.2) is 42.5 Å². The van der Waals surface area contributed by atoms with Gasteiger partial charge in [-0.05, 0) is 37.0 Å². The van der Waals surface area contributed by atoms with E-state index in [4.69, 9.17) is 0 Å². The number of benzene rings is 2. The summed E-state index contributed by atoms with van der Waals surface area (Å²) in [6.07, 6.45) is 1.59. The van der Waals surface area contributed by atoms with Crippen molar-refractivity contribution in [2.24, 2.45) is 0 Å². The molecule has 0 bridgehead atoms. The Hall–Kier alpha value is -2.03. The maximum atomic E-state index is 13.7. The van der Waals surface area contributed by atoms with Gasteiger partial charge in [-0.15, -0.1) is 0 Å². The van der Waals surface area contributed by atoms with E-state index in [1.54, 1.807) is 0 Å². The van der Waals surface area contributed by atoms with E-state index >= 15 is 0 Å². The Kier molecular flexibility index (Phi) is 4.61. The van der Waals surface area contributed by atoms with E-state index < -0.39 is 11.6 Å². The van der Waals surface area contributed by atoms with E-state index in [9.17, 15) is 13.6 Å². The van der Waals surface area contributed by atoms with E-state index in [0.717, 1.165) is 12.0 Å². The molecule has 0 spiro atoms. The lowest BCUT2D eigenvalue weighted by atomic mass is 10.0. The summed E-state index contributed by atoms with van der Waals surface area (Å²) in [4.78, 5) is 11.9. The Morgan fingerprint density at radius 2 is 1.70 bits per heavy atom. The highest BCUT2D eigenvalue weighted by Crippen LogP contribution is 2.18. The summed E-state index contributed by atoms with van der Waals surface area (Å²) in [6, 6.07) is 12.6. The highest BCUT2D eigenvalue weighted by molar-refractivity contribution is 5.96. The van der Waals surface area contributed by atoms with Crippen molar-refractivity contribution in [1.82, 2.24) is 0 Å². The van der Waals surface area contributed by atoms with Crippen LogP contribution >= 0.6 is 0 Å². The Morgan fingerprint density at radius 3 is 2.40 bits per heavy atom. The maximum absolute atomic E-state index is 13.7. The van der Waals surface area contributed by atoms with Crippen molar-refractivity contribution in [1.29, 1.82) is 0 Å². The zero-order valence-electron chi connectivity index (χ0n) is 11.3. The first-order chi connectivity index (χ1) is 9.59. The molecule has 0 atom stereocenters. The number of ketones is 1. The highest BCUT2D eigenvalue weighted by Gasteiger charge is 2.16. The van der Waals surface area contributed by atoms with Crippen molar-refractivity contribution >= 4 is 5.78 Å². The van der Waals surface area contributed by atoms with Crippen LogP contribution in [-0.4, -0.2) is 5.78 Å². The monoisotopic (exact) mass is 274 g/mol. The summed E-state index contributed by atoms with van der Waals surface area (Å²) in [7, 11) is 0. The number of rotatable bonds is 5. The SMILES string of the molecule is Cc1ccc(C(=O)CCCc2ccccc2)c(F)c1F. The van der Waals surface area contributed by atoms with Gasteiger partial charge in [-0.1, -0.05) is 36.4 Å². The molecule has 0 saturated heterocycles. The largest absolute Gasteiger partial charge is 0.294 e. The molecule has 0 radical (unpaired) electrons. The van der Waals surface area contributed by atoms with E-state index in [1.165, 1.54) is 19.1 Å². The summed E-state index contributed by atoms with van der Waals surface area (Å²) < 4.78 is 27.1. The molecule has 0 fully saturated rings. The maximum Gasteiger partial charge on any atom is 0.169 e. The molecule has 0 aliphatic carbocycles. The molecule has 0 aliphatic rings. The molecular weight excluding hydrogens is 258 g/mol. The molecule has 3 heteroatoms. The Balaban J connectivity index is 1.97. The molecule has 2 rings (SSSR count). The van der Waals surface area contributed by atoms with Crippen LogP contribution in [0, 0.1) is 18.6 Å². The van der Waals surface area contributed by atoms with Crippen LogP contribution in [0.1, 0.15) is 34.3 Å². The van der Waals surface area contributed by atoms with Gasteiger partial charge in [0.15, 0.2) is 17.4 Å². The average Bonchev–Trinajstić information content (AvgIpc) is 2.46. The van der Waals surface area contributed by atoms with Crippen LogP contribution in [-0.2, 0) is 6.42 Å². The van der Waals surface area contributed by atoms with Crippen LogP contribution in [0.4, 0.5) is 8.78 Å². The number of carbonyl (C=O) groups is 1. The second-order valence-corrected chi connectivity index (χ2v) is 4.82. The fraction of sp³-hybridized carbons (Fsp3) is 0.235. The third-order valence-electron chi connectivity index (χ3n) is 3.29. The molecular formula is C17H16F2O. The third-order valence-corrected chi connectivity index (χ3v) is 3.29. The molecule has 20 heavy (non-hydrogen) atoms. The standard InChI is InChI=1S/C17H16F2O/c1-12-10-11-14(17(19)16(12)18)15(20)9-5-8-13-6-3-2-4-7-13/h2-4,6-7,10-11H,5,8-9H2,1H3. The molecule has 0 aromatic heterocycles. The molecule has 0 N–H and O–H groups in total. The Morgan fingerprint density at radius 1 is 1.00 bits per heavy atom. The summed E-state index contributed by atoms with van der Waals surface area (Å²) in [5.74, 6) is -2.31. The van der Waals surface area contributed by atoms with E-state index in [1.807, 2.05) is 30.3 Å². The van der Waals surface area contributed by atoms with Crippen LogP contribution in [0.2, 0.25) is 0 Å². The van der Waals surface area contributed by atoms with E-state index in [2.05, 4.69) is 0 Å². The first-order valence-corrected chi connectivity index (χ1v) is 6.61. The zero-order chi connectivity index (χ0) is 14.5. The first-order valence-electron chi connectivity index (χ1n) is 6.61. The molecule has 104 valence electrons. The molecule has 1 nitrogen and oxygen atoms in total. The van der Waals surface area contributed by atoms with Crippen LogP contribution in [0.25, 0.3) is 0 Å². The van der Waals surface area contributed by atoms with Gasteiger partial charge < -0.3 is 0 Å². The molecule has 0 unspecified atom stereocenters. The lowest BCUT2D eigenvalue weighted by molar-refractivity contribution is 0.0975. The van der Waals surface area contributed by atoms with Crippen molar-refractivity contribution in [2.75, 3.05) is 0 Å². The van der Waals surface area contributed by atoms with Crippen molar-refractivity contribution in [2.45, 2.75) is 26.2 Å². The van der Waals surface area contributed by atoms with Gasteiger partial charge in [0.1, 0.15) is 0 Å². The van der Waals surface area contributed by atoms with Gasteiger partial charge in [0.05, 0.1) is 5.56 Å². The number of Topliss-reactive ketones (excluding diaryl/α,β-unsaturated/α-hetero) is 1. The second kappa shape index (κ2) is 6.42. The minimum Gasteiger partial charge on any atom is -0.294 e. The minimum absolute atomic E-state index is 0.152. The number of hydrogen-bond acceptors (Lipinski definition) is 1. The number of halogens is 2. The van der Waals surface area contributed by atoms with Gasteiger partial charge in [0.25, 0.3) is 0 Å². The van der Waals surface area contributed by atoms with Crippen LogP contribution in [0.3, 0.4) is 0 Å².